The van der Waals surface area contributed by atoms with Crippen molar-refractivity contribution >= 4 is 29.0 Å². The van der Waals surface area contributed by atoms with Gasteiger partial charge in [0.2, 0.25) is 5.91 Å². The molecule has 1 aliphatic heterocycles. The molecule has 2 unspecified atom stereocenters. The molecule has 2 aliphatic carbocycles. The first-order valence-electron chi connectivity index (χ1n) is 17.1. The second kappa shape index (κ2) is 13.5. The van der Waals surface area contributed by atoms with E-state index >= 15 is 0 Å². The predicted octanol–water partition coefficient (Wildman–Crippen LogP) is 5.20. The molecule has 2 amide bonds. The van der Waals surface area contributed by atoms with E-state index in [0.29, 0.717) is 36.7 Å². The summed E-state index contributed by atoms with van der Waals surface area (Å²) in [6.45, 7) is 6.93. The highest BCUT2D eigenvalue weighted by Gasteiger charge is 2.54. The average molecular weight is 658 g/mol. The fourth-order valence-corrected chi connectivity index (χ4v) is 7.72. The molecule has 3 aliphatic rings. The minimum absolute atomic E-state index is 0.0428. The van der Waals surface area contributed by atoms with E-state index in [9.17, 15) is 20.3 Å². The van der Waals surface area contributed by atoms with Gasteiger partial charge in [0.05, 0.1) is 18.0 Å². The van der Waals surface area contributed by atoms with Gasteiger partial charge < -0.3 is 25.3 Å². The van der Waals surface area contributed by atoms with E-state index < -0.39 is 5.41 Å². The Morgan fingerprint density at radius 1 is 0.959 bits per heavy atom. The van der Waals surface area contributed by atoms with Gasteiger partial charge in [-0.05, 0) is 110 Å². The molecule has 0 spiro atoms. The van der Waals surface area contributed by atoms with Crippen LogP contribution in [0.1, 0.15) is 63.0 Å². The van der Waals surface area contributed by atoms with Gasteiger partial charge in [0.25, 0.3) is 5.91 Å². The molecule has 0 radical (unpaired) electrons. The Morgan fingerprint density at radius 3 is 2.20 bits per heavy atom. The molecule has 2 fully saturated rings. The van der Waals surface area contributed by atoms with E-state index in [1.165, 1.54) is 0 Å². The van der Waals surface area contributed by atoms with Crippen molar-refractivity contribution in [3.05, 3.63) is 106 Å². The minimum atomic E-state index is -0.926. The summed E-state index contributed by atoms with van der Waals surface area (Å²) in [5.74, 6) is 0.675. The van der Waals surface area contributed by atoms with Gasteiger partial charge in [0, 0.05) is 51.2 Å². The van der Waals surface area contributed by atoms with Crippen molar-refractivity contribution < 1.29 is 9.59 Å². The van der Waals surface area contributed by atoms with Crippen LogP contribution in [0.4, 0.5) is 5.69 Å². The molecule has 3 aromatic carbocycles. The molecule has 254 valence electrons. The monoisotopic (exact) mass is 657 g/mol. The first-order valence-corrected chi connectivity index (χ1v) is 17.1. The maximum absolute atomic E-state index is 13.4. The van der Waals surface area contributed by atoms with Crippen LogP contribution >= 0.6 is 0 Å². The number of aryl methyl sites for hydroxylation is 3. The maximum atomic E-state index is 13.4. The van der Waals surface area contributed by atoms with E-state index in [2.05, 4.69) is 41.5 Å². The number of rotatable bonds is 10. The molecule has 9 heteroatoms. The molecule has 9 nitrogen and oxygen atoms in total. The van der Waals surface area contributed by atoms with Crippen molar-refractivity contribution in [2.24, 2.45) is 5.92 Å². The van der Waals surface area contributed by atoms with Crippen molar-refractivity contribution in [3.8, 4) is 6.07 Å². The van der Waals surface area contributed by atoms with Crippen LogP contribution in [0.5, 0.6) is 0 Å². The number of benzene rings is 3. The van der Waals surface area contributed by atoms with Crippen molar-refractivity contribution in [1.82, 2.24) is 20.0 Å². The molecule has 0 aromatic heterocycles. The predicted molar refractivity (Wildman–Crippen MR) is 195 cm³/mol. The smallest absolute Gasteiger partial charge is 0.253 e. The molecule has 0 bridgehead atoms. The lowest BCUT2D eigenvalue weighted by atomic mass is 9.68. The van der Waals surface area contributed by atoms with E-state index in [4.69, 9.17) is 0 Å². The first kappa shape index (κ1) is 33.9. The van der Waals surface area contributed by atoms with E-state index in [-0.39, 0.29) is 30.4 Å². The number of nitriles is 1. The molecular formula is C40H47N7O2. The van der Waals surface area contributed by atoms with Crippen molar-refractivity contribution in [3.63, 3.8) is 0 Å². The Kier molecular flexibility index (Phi) is 9.37. The number of fused-ring (bicyclic) bond motifs is 3. The number of amides is 2. The molecule has 1 heterocycles. The second-order valence-corrected chi connectivity index (χ2v) is 14.2. The number of amidine groups is 1. The summed E-state index contributed by atoms with van der Waals surface area (Å²) >= 11 is 0. The van der Waals surface area contributed by atoms with Crippen LogP contribution in [0, 0.1) is 29.6 Å². The van der Waals surface area contributed by atoms with Crippen molar-refractivity contribution in [1.29, 1.82) is 10.7 Å². The lowest BCUT2D eigenvalue weighted by Gasteiger charge is -2.38. The summed E-state index contributed by atoms with van der Waals surface area (Å²) in [4.78, 5) is 31.9. The zero-order valence-corrected chi connectivity index (χ0v) is 29.3. The number of nitrogens with zero attached hydrogens (tertiary/aromatic N) is 4. The van der Waals surface area contributed by atoms with Gasteiger partial charge >= 0.3 is 0 Å². The van der Waals surface area contributed by atoms with Gasteiger partial charge in [-0.3, -0.25) is 15.0 Å². The maximum Gasteiger partial charge on any atom is 0.253 e. The van der Waals surface area contributed by atoms with Gasteiger partial charge in [-0.25, -0.2) is 0 Å². The zero-order valence-electron chi connectivity index (χ0n) is 29.3. The highest BCUT2D eigenvalue weighted by molar-refractivity contribution is 6.05. The number of nitrogens with one attached hydrogen (secondary N) is 3. The summed E-state index contributed by atoms with van der Waals surface area (Å²) in [6, 6.07) is 22.5. The quantitative estimate of drug-likeness (QED) is 0.157. The topological polar surface area (TPSA) is 116 Å². The fourth-order valence-electron chi connectivity index (χ4n) is 7.72. The summed E-state index contributed by atoms with van der Waals surface area (Å²) in [5.41, 5.74) is 7.70. The standard InChI is InChI=1S/C40H47N7O2/c1-25-7-13-32(14-8-25)44-39(42)40(17-18-43-24-37(48)47-33(23-41)21-31-22-36(31)47)34-15-11-27(26(2)45(3)4)19-28(34)9-10-29-20-30(12-16-35(29)40)38(49)46(5)6/h7-8,11-16,19-20,31,33,36,43H,2,9-10,17-18,21-22,24H2,1,3-6H3,(H2,42,44)/t31-,33?,36+,40?/m1/s1. The normalized spacial score (nSPS) is 21.7. The molecule has 1 saturated heterocycles. The zero-order chi connectivity index (χ0) is 35.0. The fraction of sp³-hybridized carbons (Fsp3) is 0.400. The van der Waals surface area contributed by atoms with Gasteiger partial charge in [-0.2, -0.15) is 5.26 Å². The Bertz CT molecular complexity index is 1770. The van der Waals surface area contributed by atoms with Gasteiger partial charge in [0.1, 0.15) is 11.9 Å². The largest absolute Gasteiger partial charge is 0.378 e. The van der Waals surface area contributed by atoms with Crippen LogP contribution in [-0.4, -0.2) is 85.7 Å². The third kappa shape index (κ3) is 6.45. The summed E-state index contributed by atoms with van der Waals surface area (Å²) in [6.07, 6.45) is 3.68. The molecule has 4 atom stereocenters. The SMILES string of the molecule is C=C(c1ccc2c(c1)CCc1cc(C(=O)N(C)C)ccc1C2(CCNCC(=O)N1C(C#N)C[C@@H]2C[C@@H]21)C(=N)Nc1ccc(C)cc1)N(C)C. The van der Waals surface area contributed by atoms with Gasteiger partial charge in [-0.15, -0.1) is 0 Å². The molecule has 3 N–H and O–H groups in total. The Balaban J connectivity index is 1.42. The Morgan fingerprint density at radius 2 is 1.59 bits per heavy atom. The van der Waals surface area contributed by atoms with Crippen LogP contribution in [-0.2, 0) is 23.1 Å². The minimum Gasteiger partial charge on any atom is -0.378 e. The molecule has 1 saturated carbocycles. The highest BCUT2D eigenvalue weighted by atomic mass is 16.2. The number of anilines is 1. The van der Waals surface area contributed by atoms with Crippen LogP contribution in [0.3, 0.4) is 0 Å². The highest BCUT2D eigenvalue weighted by Crippen LogP contribution is 2.48. The number of piperidine rings is 1. The molecular weight excluding hydrogens is 610 g/mol. The number of likely N-dealkylation sites (tertiary alicyclic amines) is 1. The number of carbonyl (C=O) groups excluding carboxylic acids is 2. The van der Waals surface area contributed by atoms with Crippen LogP contribution in [0.25, 0.3) is 5.70 Å². The number of hydrogen-bond acceptors (Lipinski definition) is 6. The molecule has 6 rings (SSSR count). The summed E-state index contributed by atoms with van der Waals surface area (Å²) < 4.78 is 0. The van der Waals surface area contributed by atoms with Gasteiger partial charge in [0.15, 0.2) is 0 Å². The third-order valence-electron chi connectivity index (χ3n) is 10.6. The molecule has 3 aromatic rings. The van der Waals surface area contributed by atoms with Crippen molar-refractivity contribution in [2.45, 2.75) is 56.5 Å². The van der Waals surface area contributed by atoms with Crippen LogP contribution < -0.4 is 10.6 Å². The summed E-state index contributed by atoms with van der Waals surface area (Å²) in [5, 5.41) is 26.4. The Labute approximate surface area is 290 Å². The van der Waals surface area contributed by atoms with E-state index in [1.807, 2.05) is 68.4 Å². The second-order valence-electron chi connectivity index (χ2n) is 14.2. The number of hydrogen-bond donors (Lipinski definition) is 3. The Hall–Kier alpha value is -4.94. The van der Waals surface area contributed by atoms with Crippen LogP contribution in [0.2, 0.25) is 0 Å². The number of carbonyl (C=O) groups is 2. The van der Waals surface area contributed by atoms with Crippen molar-refractivity contribution in [2.75, 3.05) is 46.6 Å². The molecule has 49 heavy (non-hydrogen) atoms. The lowest BCUT2D eigenvalue weighted by Crippen LogP contribution is -2.46. The van der Waals surface area contributed by atoms with E-state index in [1.54, 1.807) is 23.9 Å². The first-order chi connectivity index (χ1) is 23.4. The average Bonchev–Trinajstić information content (AvgIpc) is 3.78. The van der Waals surface area contributed by atoms with Crippen LogP contribution in [0.15, 0.2) is 67.2 Å². The summed E-state index contributed by atoms with van der Waals surface area (Å²) in [7, 11) is 7.48. The third-order valence-corrected chi connectivity index (χ3v) is 10.6. The van der Waals surface area contributed by atoms with Gasteiger partial charge in [-0.1, -0.05) is 42.5 Å². The lowest BCUT2D eigenvalue weighted by molar-refractivity contribution is -0.131. The van der Waals surface area contributed by atoms with E-state index in [0.717, 1.165) is 64.0 Å².